The monoisotopic (exact) mass is 328 g/mol. The molecule has 1 unspecified atom stereocenters. The van der Waals surface area contributed by atoms with Gasteiger partial charge in [0.1, 0.15) is 18.1 Å². The molecule has 1 spiro atoms. The van der Waals surface area contributed by atoms with Gasteiger partial charge in [-0.1, -0.05) is 6.07 Å². The number of ether oxygens (including phenoxy) is 1. The molecular weight excluding hydrogens is 312 g/mol. The molecule has 0 N–H and O–H groups in total. The number of amides is 1. The third-order valence-electron chi connectivity index (χ3n) is 4.15. The predicted octanol–water partition coefficient (Wildman–Crippen LogP) is 1.65. The van der Waals surface area contributed by atoms with Crippen molar-refractivity contribution < 1.29 is 9.53 Å². The lowest BCUT2D eigenvalue weighted by atomic mass is 9.92. The minimum Gasteiger partial charge on any atom is -0.473 e. The summed E-state index contributed by atoms with van der Waals surface area (Å²) in [6.07, 6.45) is 5.84. The summed E-state index contributed by atoms with van der Waals surface area (Å²) in [6, 6.07) is 7.33. The second-order valence-corrected chi connectivity index (χ2v) is 7.35. The minimum atomic E-state index is -0.0206. The van der Waals surface area contributed by atoms with Crippen molar-refractivity contribution in [3.05, 3.63) is 48.7 Å². The Bertz CT molecular complexity index is 692. The van der Waals surface area contributed by atoms with E-state index in [0.29, 0.717) is 11.6 Å². The minimum absolute atomic E-state index is 0.0206. The number of thioether (sulfide) groups is 1. The van der Waals surface area contributed by atoms with Crippen LogP contribution < -0.4 is 4.74 Å². The maximum atomic E-state index is 12.3. The van der Waals surface area contributed by atoms with E-state index in [2.05, 4.69) is 15.0 Å². The number of nitrogens with zero attached hydrogens (tertiary/aromatic N) is 4. The van der Waals surface area contributed by atoms with Gasteiger partial charge in [-0.05, 0) is 12.1 Å². The highest BCUT2D eigenvalue weighted by Crippen LogP contribution is 2.46. The van der Waals surface area contributed by atoms with E-state index in [4.69, 9.17) is 4.74 Å². The largest absolute Gasteiger partial charge is 0.473 e. The molecule has 6 nitrogen and oxygen atoms in total. The van der Waals surface area contributed by atoms with Crippen LogP contribution in [0.3, 0.4) is 0 Å². The van der Waals surface area contributed by atoms with Crippen LogP contribution in [-0.4, -0.2) is 55.5 Å². The molecule has 1 atom stereocenters. The molecule has 1 amide bonds. The highest BCUT2D eigenvalue weighted by molar-refractivity contribution is 8.01. The molecule has 0 bridgehead atoms. The number of aromatic nitrogens is 3. The van der Waals surface area contributed by atoms with Gasteiger partial charge in [0, 0.05) is 43.7 Å². The maximum Gasteiger partial charge on any atom is 0.272 e. The molecule has 0 aromatic carbocycles. The van der Waals surface area contributed by atoms with Gasteiger partial charge in [-0.3, -0.25) is 4.79 Å². The normalized spacial score (nSPS) is 21.9. The van der Waals surface area contributed by atoms with Gasteiger partial charge >= 0.3 is 0 Å². The summed E-state index contributed by atoms with van der Waals surface area (Å²) in [5.41, 5.74) is 0.458. The highest BCUT2D eigenvalue weighted by atomic mass is 32.2. The molecule has 118 valence electrons. The van der Waals surface area contributed by atoms with E-state index in [1.54, 1.807) is 18.5 Å². The molecule has 2 aromatic heterocycles. The molecule has 2 saturated heterocycles. The maximum absolute atomic E-state index is 12.3. The topological polar surface area (TPSA) is 68.2 Å². The van der Waals surface area contributed by atoms with Crippen LogP contribution in [0.5, 0.6) is 5.88 Å². The van der Waals surface area contributed by atoms with Gasteiger partial charge in [0.05, 0.1) is 4.75 Å². The number of hydrogen-bond donors (Lipinski definition) is 0. The summed E-state index contributed by atoms with van der Waals surface area (Å²) in [7, 11) is 0. The Morgan fingerprint density at radius 2 is 2.17 bits per heavy atom. The average molecular weight is 328 g/mol. The summed E-state index contributed by atoms with van der Waals surface area (Å²) < 4.78 is 6.06. The zero-order valence-corrected chi connectivity index (χ0v) is 13.3. The van der Waals surface area contributed by atoms with Crippen LogP contribution in [0, 0.1) is 0 Å². The number of carbonyl (C=O) groups excluding carboxylic acids is 1. The fourth-order valence-electron chi connectivity index (χ4n) is 3.06. The first-order valence-electron chi connectivity index (χ1n) is 7.51. The van der Waals surface area contributed by atoms with Gasteiger partial charge in [-0.2, -0.15) is 0 Å². The van der Waals surface area contributed by atoms with E-state index >= 15 is 0 Å². The Morgan fingerprint density at radius 3 is 2.91 bits per heavy atom. The zero-order chi connectivity index (χ0) is 15.7. The van der Waals surface area contributed by atoms with Crippen molar-refractivity contribution in [2.45, 2.75) is 17.3 Å². The molecule has 4 heterocycles. The van der Waals surface area contributed by atoms with Crippen LogP contribution in [0.15, 0.2) is 43.0 Å². The smallest absolute Gasteiger partial charge is 0.272 e. The van der Waals surface area contributed by atoms with Gasteiger partial charge in [-0.25, -0.2) is 15.0 Å². The Morgan fingerprint density at radius 1 is 1.26 bits per heavy atom. The molecule has 0 radical (unpaired) electrons. The van der Waals surface area contributed by atoms with Crippen molar-refractivity contribution in [1.29, 1.82) is 0 Å². The zero-order valence-electron chi connectivity index (χ0n) is 12.5. The first kappa shape index (κ1) is 14.4. The number of pyridine rings is 1. The molecular formula is C16H16N4O2S. The van der Waals surface area contributed by atoms with E-state index in [1.165, 1.54) is 6.33 Å². The van der Waals surface area contributed by atoms with E-state index < -0.39 is 0 Å². The standard InChI is InChI=1S/C16H16N4O2S/c21-15(13-4-6-17-11-19-13)20-9-16(10-20)7-12(8-23-16)22-14-3-1-2-5-18-14/h1-6,11-12H,7-10H2. The molecule has 23 heavy (non-hydrogen) atoms. The molecule has 2 fully saturated rings. The van der Waals surface area contributed by atoms with Crippen molar-refractivity contribution in [2.24, 2.45) is 0 Å². The van der Waals surface area contributed by atoms with E-state index in [9.17, 15) is 4.79 Å². The Labute approximate surface area is 138 Å². The summed E-state index contributed by atoms with van der Waals surface area (Å²) >= 11 is 1.90. The van der Waals surface area contributed by atoms with E-state index in [1.807, 2.05) is 34.9 Å². The summed E-state index contributed by atoms with van der Waals surface area (Å²) in [5.74, 6) is 1.59. The lowest BCUT2D eigenvalue weighted by molar-refractivity contribution is 0.0510. The molecule has 2 aromatic rings. The molecule has 0 saturated carbocycles. The van der Waals surface area contributed by atoms with Crippen molar-refractivity contribution in [1.82, 2.24) is 19.9 Å². The highest BCUT2D eigenvalue weighted by Gasteiger charge is 2.51. The van der Waals surface area contributed by atoms with Gasteiger partial charge in [0.2, 0.25) is 5.88 Å². The van der Waals surface area contributed by atoms with Gasteiger partial charge in [0.15, 0.2) is 0 Å². The number of hydrogen-bond acceptors (Lipinski definition) is 6. The fourth-order valence-corrected chi connectivity index (χ4v) is 4.58. The van der Waals surface area contributed by atoms with Crippen molar-refractivity contribution in [3.63, 3.8) is 0 Å². The number of carbonyl (C=O) groups is 1. The second kappa shape index (κ2) is 5.81. The van der Waals surface area contributed by atoms with Crippen molar-refractivity contribution >= 4 is 17.7 Å². The third-order valence-corrected chi connectivity index (χ3v) is 5.72. The molecule has 0 aliphatic carbocycles. The van der Waals surface area contributed by atoms with Crippen molar-refractivity contribution in [2.75, 3.05) is 18.8 Å². The van der Waals surface area contributed by atoms with Crippen LogP contribution in [0.4, 0.5) is 0 Å². The summed E-state index contributed by atoms with van der Waals surface area (Å²) in [6.45, 7) is 1.51. The van der Waals surface area contributed by atoms with Crippen LogP contribution >= 0.6 is 11.8 Å². The van der Waals surface area contributed by atoms with Gasteiger partial charge < -0.3 is 9.64 Å². The fraction of sp³-hybridized carbons (Fsp3) is 0.375. The van der Waals surface area contributed by atoms with E-state index in [0.717, 1.165) is 25.3 Å². The Kier molecular flexibility index (Phi) is 3.65. The molecule has 2 aliphatic heterocycles. The molecule has 7 heteroatoms. The SMILES string of the molecule is O=C(c1ccncn1)N1CC2(CC(Oc3ccccn3)CS2)C1. The average Bonchev–Trinajstić information content (AvgIpc) is 2.99. The summed E-state index contributed by atoms with van der Waals surface area (Å²) in [4.78, 5) is 26.2. The van der Waals surface area contributed by atoms with Gasteiger partial charge in [-0.15, -0.1) is 11.8 Å². The van der Waals surface area contributed by atoms with Gasteiger partial charge in [0.25, 0.3) is 5.91 Å². The predicted molar refractivity (Wildman–Crippen MR) is 86.4 cm³/mol. The quantitative estimate of drug-likeness (QED) is 0.853. The third kappa shape index (κ3) is 2.88. The number of rotatable bonds is 3. The van der Waals surface area contributed by atoms with E-state index in [-0.39, 0.29) is 16.8 Å². The molecule has 2 aliphatic rings. The Balaban J connectivity index is 1.34. The van der Waals surface area contributed by atoms with Crippen LogP contribution in [0.25, 0.3) is 0 Å². The van der Waals surface area contributed by atoms with Crippen molar-refractivity contribution in [3.8, 4) is 5.88 Å². The second-order valence-electron chi connectivity index (χ2n) is 5.86. The van der Waals surface area contributed by atoms with Crippen LogP contribution in [0.1, 0.15) is 16.9 Å². The van der Waals surface area contributed by atoms with Crippen LogP contribution in [0.2, 0.25) is 0 Å². The number of likely N-dealkylation sites (tertiary alicyclic amines) is 1. The first-order chi connectivity index (χ1) is 11.2. The lowest BCUT2D eigenvalue weighted by Gasteiger charge is -2.47. The van der Waals surface area contributed by atoms with Crippen LogP contribution in [-0.2, 0) is 0 Å². The Hall–Kier alpha value is -2.15. The lowest BCUT2D eigenvalue weighted by Crippen LogP contribution is -2.61. The summed E-state index contributed by atoms with van der Waals surface area (Å²) in [5, 5.41) is 0. The first-order valence-corrected chi connectivity index (χ1v) is 8.50. The molecule has 4 rings (SSSR count).